The molecule has 11 heavy (non-hydrogen) atoms. The average molecular weight is 160 g/mol. The van der Waals surface area contributed by atoms with Crippen molar-refractivity contribution in [1.29, 1.82) is 0 Å². The summed E-state index contributed by atoms with van der Waals surface area (Å²) in [5, 5.41) is 18.1. The molecule has 0 aliphatic heterocycles. The van der Waals surface area contributed by atoms with Crippen molar-refractivity contribution in [2.75, 3.05) is 6.61 Å². The van der Waals surface area contributed by atoms with Gasteiger partial charge in [-0.3, -0.25) is 0 Å². The zero-order chi connectivity index (χ0) is 8.85. The molecule has 3 unspecified atom stereocenters. The Kier molecular flexibility index (Phi) is 5.51. The number of aliphatic hydroxyl groups excluding tert-OH is 2. The lowest BCUT2D eigenvalue weighted by Crippen LogP contribution is -2.28. The molecule has 0 aliphatic rings. The Hall–Kier alpha value is -0.0800. The second-order valence-electron chi connectivity index (χ2n) is 3.21. The summed E-state index contributed by atoms with van der Waals surface area (Å²) >= 11 is 0. The summed E-state index contributed by atoms with van der Waals surface area (Å²) in [5.74, 6) is 0.757. The Morgan fingerprint density at radius 2 is 1.73 bits per heavy atom. The van der Waals surface area contributed by atoms with Crippen LogP contribution in [0.25, 0.3) is 0 Å². The molecule has 0 aromatic carbocycles. The summed E-state index contributed by atoms with van der Waals surface area (Å²) < 4.78 is 0. The number of rotatable bonds is 5. The van der Waals surface area contributed by atoms with Crippen molar-refractivity contribution in [1.82, 2.24) is 0 Å². The molecule has 0 aliphatic carbocycles. The van der Waals surface area contributed by atoms with E-state index in [0.29, 0.717) is 5.92 Å². The van der Waals surface area contributed by atoms with Crippen molar-refractivity contribution in [2.45, 2.75) is 39.7 Å². The van der Waals surface area contributed by atoms with Crippen molar-refractivity contribution in [2.24, 2.45) is 11.8 Å². The van der Waals surface area contributed by atoms with E-state index >= 15 is 0 Å². The molecule has 2 nitrogen and oxygen atoms in total. The smallest absolute Gasteiger partial charge is 0.0801 e. The molecule has 0 amide bonds. The lowest BCUT2D eigenvalue weighted by molar-refractivity contribution is 0.0235. The van der Waals surface area contributed by atoms with E-state index in [0.717, 1.165) is 12.8 Å². The molecule has 68 valence electrons. The monoisotopic (exact) mass is 160 g/mol. The maximum atomic E-state index is 9.37. The minimum atomic E-state index is -0.532. The van der Waals surface area contributed by atoms with E-state index in [4.69, 9.17) is 5.11 Å². The van der Waals surface area contributed by atoms with Crippen LogP contribution in [0.4, 0.5) is 0 Å². The fourth-order valence-electron chi connectivity index (χ4n) is 1.49. The summed E-state index contributed by atoms with van der Waals surface area (Å²) in [6.45, 7) is 6.17. The number of hydrogen-bond donors (Lipinski definition) is 2. The topological polar surface area (TPSA) is 40.5 Å². The lowest BCUT2D eigenvalue weighted by Gasteiger charge is -2.25. The summed E-state index contributed by atoms with van der Waals surface area (Å²) in [6.07, 6.45) is 1.47. The van der Waals surface area contributed by atoms with E-state index in [1.54, 1.807) is 0 Å². The van der Waals surface area contributed by atoms with Gasteiger partial charge in [-0.2, -0.15) is 0 Å². The SMILES string of the molecule is CCC(C)C(CC)C(O)CO. The van der Waals surface area contributed by atoms with Crippen LogP contribution in [0.3, 0.4) is 0 Å². The van der Waals surface area contributed by atoms with Crippen LogP contribution in [0.15, 0.2) is 0 Å². The Balaban J connectivity index is 3.92. The second-order valence-corrected chi connectivity index (χ2v) is 3.21. The van der Waals surface area contributed by atoms with Crippen LogP contribution < -0.4 is 0 Å². The molecule has 0 radical (unpaired) electrons. The van der Waals surface area contributed by atoms with E-state index in [2.05, 4.69) is 20.8 Å². The second kappa shape index (κ2) is 5.56. The standard InChI is InChI=1S/C9H20O2/c1-4-7(3)8(5-2)9(11)6-10/h7-11H,4-6H2,1-3H3. The number of hydrogen-bond acceptors (Lipinski definition) is 2. The van der Waals surface area contributed by atoms with Crippen LogP contribution >= 0.6 is 0 Å². The quantitative estimate of drug-likeness (QED) is 0.638. The Bertz CT molecular complexity index is 83.6. The van der Waals surface area contributed by atoms with E-state index in [9.17, 15) is 5.11 Å². The molecule has 0 heterocycles. The molecule has 0 aromatic heterocycles. The Morgan fingerprint density at radius 1 is 1.18 bits per heavy atom. The summed E-state index contributed by atoms with van der Waals surface area (Å²) in [5.41, 5.74) is 0. The normalized spacial score (nSPS) is 19.4. The van der Waals surface area contributed by atoms with Crippen molar-refractivity contribution in [3.63, 3.8) is 0 Å². The van der Waals surface area contributed by atoms with Gasteiger partial charge in [0, 0.05) is 0 Å². The first kappa shape index (κ1) is 10.9. The highest BCUT2D eigenvalue weighted by molar-refractivity contribution is 4.71. The summed E-state index contributed by atoms with van der Waals surface area (Å²) in [7, 11) is 0. The summed E-state index contributed by atoms with van der Waals surface area (Å²) in [6, 6.07) is 0. The van der Waals surface area contributed by atoms with Crippen LogP contribution in [0.2, 0.25) is 0 Å². The lowest BCUT2D eigenvalue weighted by atomic mass is 9.85. The van der Waals surface area contributed by atoms with Gasteiger partial charge in [0.25, 0.3) is 0 Å². The molecular formula is C9H20O2. The van der Waals surface area contributed by atoms with Gasteiger partial charge < -0.3 is 10.2 Å². The maximum Gasteiger partial charge on any atom is 0.0801 e. The molecular weight excluding hydrogens is 140 g/mol. The maximum absolute atomic E-state index is 9.37. The largest absolute Gasteiger partial charge is 0.394 e. The van der Waals surface area contributed by atoms with Crippen molar-refractivity contribution in [3.05, 3.63) is 0 Å². The third-order valence-corrected chi connectivity index (χ3v) is 2.53. The fraction of sp³-hybridized carbons (Fsp3) is 1.00. The number of aliphatic hydroxyl groups is 2. The van der Waals surface area contributed by atoms with Gasteiger partial charge in [0.2, 0.25) is 0 Å². The van der Waals surface area contributed by atoms with Gasteiger partial charge >= 0.3 is 0 Å². The third-order valence-electron chi connectivity index (χ3n) is 2.53. The first-order chi connectivity index (χ1) is 5.17. The van der Waals surface area contributed by atoms with Gasteiger partial charge in [-0.25, -0.2) is 0 Å². The highest BCUT2D eigenvalue weighted by atomic mass is 16.3. The predicted molar refractivity (Wildman–Crippen MR) is 46.3 cm³/mol. The van der Waals surface area contributed by atoms with E-state index in [1.165, 1.54) is 0 Å². The minimum Gasteiger partial charge on any atom is -0.394 e. The third kappa shape index (κ3) is 3.21. The molecule has 0 saturated heterocycles. The molecule has 0 saturated carbocycles. The Labute approximate surface area is 69.2 Å². The zero-order valence-corrected chi connectivity index (χ0v) is 7.75. The van der Waals surface area contributed by atoms with Crippen LogP contribution in [0.1, 0.15) is 33.6 Å². The van der Waals surface area contributed by atoms with Crippen LogP contribution in [0.5, 0.6) is 0 Å². The highest BCUT2D eigenvalue weighted by Gasteiger charge is 2.21. The molecule has 0 fully saturated rings. The fourth-order valence-corrected chi connectivity index (χ4v) is 1.49. The van der Waals surface area contributed by atoms with Crippen molar-refractivity contribution < 1.29 is 10.2 Å². The van der Waals surface area contributed by atoms with Crippen LogP contribution in [-0.4, -0.2) is 22.9 Å². The first-order valence-corrected chi connectivity index (χ1v) is 4.46. The van der Waals surface area contributed by atoms with Gasteiger partial charge in [0.15, 0.2) is 0 Å². The van der Waals surface area contributed by atoms with E-state index < -0.39 is 6.10 Å². The van der Waals surface area contributed by atoms with Gasteiger partial charge in [-0.05, 0) is 11.8 Å². The van der Waals surface area contributed by atoms with Crippen molar-refractivity contribution >= 4 is 0 Å². The van der Waals surface area contributed by atoms with Crippen LogP contribution in [0, 0.1) is 11.8 Å². The van der Waals surface area contributed by atoms with Crippen molar-refractivity contribution in [3.8, 4) is 0 Å². The molecule has 0 bridgehead atoms. The minimum absolute atomic E-state index is 0.108. The molecule has 0 spiro atoms. The van der Waals surface area contributed by atoms with Gasteiger partial charge in [0.1, 0.15) is 0 Å². The molecule has 3 atom stereocenters. The van der Waals surface area contributed by atoms with E-state index in [1.807, 2.05) is 0 Å². The Morgan fingerprint density at radius 3 is 2.00 bits per heavy atom. The predicted octanol–water partition coefficient (Wildman–Crippen LogP) is 1.41. The van der Waals surface area contributed by atoms with Gasteiger partial charge in [-0.15, -0.1) is 0 Å². The summed E-state index contributed by atoms with van der Waals surface area (Å²) in [4.78, 5) is 0. The zero-order valence-electron chi connectivity index (χ0n) is 7.75. The van der Waals surface area contributed by atoms with Crippen LogP contribution in [-0.2, 0) is 0 Å². The molecule has 0 rings (SSSR count). The average Bonchev–Trinajstić information content (AvgIpc) is 2.05. The first-order valence-electron chi connectivity index (χ1n) is 4.46. The molecule has 2 heteroatoms. The molecule has 0 aromatic rings. The molecule has 2 N–H and O–H groups in total. The van der Waals surface area contributed by atoms with Gasteiger partial charge in [-0.1, -0.05) is 33.6 Å². The van der Waals surface area contributed by atoms with E-state index in [-0.39, 0.29) is 12.5 Å². The van der Waals surface area contributed by atoms with Gasteiger partial charge in [0.05, 0.1) is 12.7 Å². The highest BCUT2D eigenvalue weighted by Crippen LogP contribution is 2.21.